The summed E-state index contributed by atoms with van der Waals surface area (Å²) in [5.41, 5.74) is 0.331. The maximum atomic E-state index is 13.3. The van der Waals surface area contributed by atoms with Crippen LogP contribution in [-0.4, -0.2) is 72.7 Å². The van der Waals surface area contributed by atoms with Crippen molar-refractivity contribution in [1.29, 1.82) is 0 Å². The third kappa shape index (κ3) is 3.99. The van der Waals surface area contributed by atoms with Crippen LogP contribution in [0.2, 0.25) is 0 Å². The lowest BCUT2D eigenvalue weighted by atomic mass is 10.1. The molecule has 0 amide bonds. The van der Waals surface area contributed by atoms with Gasteiger partial charge in [0.1, 0.15) is 9.79 Å². The summed E-state index contributed by atoms with van der Waals surface area (Å²) in [6, 6.07) is 2.40. The smallest absolute Gasteiger partial charge is 0.242 e. The first-order chi connectivity index (χ1) is 15.8. The molecule has 1 saturated heterocycles. The van der Waals surface area contributed by atoms with Crippen molar-refractivity contribution in [1.82, 2.24) is 40.2 Å². The molecule has 1 atom stereocenters. The minimum absolute atomic E-state index is 0.0303. The number of nitrogens with one attached hydrogen (secondary N) is 3. The van der Waals surface area contributed by atoms with E-state index in [0.29, 0.717) is 37.7 Å². The number of aromatic amines is 1. The number of aryl methyl sites for hydroxylation is 1. The van der Waals surface area contributed by atoms with Crippen LogP contribution in [0.4, 0.5) is 11.6 Å². The molecule has 4 heterocycles. The molecule has 14 nitrogen and oxygen atoms in total. The number of anilines is 2. The van der Waals surface area contributed by atoms with Crippen molar-refractivity contribution < 1.29 is 16.8 Å². The average Bonchev–Trinajstić information content (AvgIpc) is 3.53. The summed E-state index contributed by atoms with van der Waals surface area (Å²) < 4.78 is 56.7. The van der Waals surface area contributed by atoms with Gasteiger partial charge in [0.2, 0.25) is 26.0 Å². The van der Waals surface area contributed by atoms with E-state index < -0.39 is 29.8 Å². The van der Waals surface area contributed by atoms with Gasteiger partial charge in [-0.25, -0.2) is 36.8 Å². The lowest BCUT2D eigenvalue weighted by Gasteiger charge is -2.31. The highest BCUT2D eigenvalue weighted by molar-refractivity contribution is 7.92. The molecule has 0 unspecified atom stereocenters. The third-order valence-electron chi connectivity index (χ3n) is 5.64. The number of nitrogens with zero attached hydrogens (tertiary/aromatic N) is 6. The highest BCUT2D eigenvalue weighted by Gasteiger charge is 2.35. The Labute approximate surface area is 189 Å². The molecular formula is C17H22N10O4S2. The van der Waals surface area contributed by atoms with Gasteiger partial charge in [-0.2, -0.15) is 0 Å². The van der Waals surface area contributed by atoms with Crippen LogP contribution in [0.3, 0.4) is 0 Å². The minimum atomic E-state index is -4.54. The van der Waals surface area contributed by atoms with Crippen molar-refractivity contribution in [2.75, 3.05) is 24.5 Å². The van der Waals surface area contributed by atoms with E-state index in [4.69, 9.17) is 5.14 Å². The Balaban J connectivity index is 1.75. The minimum Gasteiger partial charge on any atom is -0.317 e. The number of primary sulfonamides is 1. The van der Waals surface area contributed by atoms with Gasteiger partial charge >= 0.3 is 0 Å². The molecule has 176 valence electrons. The maximum Gasteiger partial charge on any atom is 0.242 e. The Bertz CT molecular complexity index is 1380. The van der Waals surface area contributed by atoms with Crippen molar-refractivity contribution in [2.45, 2.75) is 35.2 Å². The number of aromatic nitrogens is 6. The van der Waals surface area contributed by atoms with Crippen molar-refractivity contribution in [3.63, 3.8) is 0 Å². The Morgan fingerprint density at radius 2 is 2.03 bits per heavy atom. The van der Waals surface area contributed by atoms with Crippen LogP contribution < -0.4 is 20.1 Å². The second kappa shape index (κ2) is 8.14. The standard InChI is InChI=1S/C17H22N10O4S2/c18-32(28,29)15-13(33(30,31)23-11-4-5-19-10-11)3-2-12(14(15)16-21-24-25-22-16)27-8-1-7-26-9-6-20-17(26)27/h2-3,6,9,11,19,23H,1,4-5,7-8,10H2,(H2,18,28,29)(H,21,22,24,25)/t11-/m1/s1. The Morgan fingerprint density at radius 1 is 1.18 bits per heavy atom. The van der Waals surface area contributed by atoms with E-state index in [2.05, 4.69) is 35.6 Å². The largest absolute Gasteiger partial charge is 0.317 e. The molecule has 16 heteroatoms. The molecule has 2 aliphatic heterocycles. The van der Waals surface area contributed by atoms with Crippen molar-refractivity contribution >= 4 is 31.7 Å². The quantitative estimate of drug-likeness (QED) is 0.326. The lowest BCUT2D eigenvalue weighted by Crippen LogP contribution is -2.37. The number of rotatable bonds is 6. The second-order valence-corrected chi connectivity index (χ2v) is 11.0. The number of imidazole rings is 1. The normalized spacial score (nSPS) is 19.1. The van der Waals surface area contributed by atoms with Gasteiger partial charge in [-0.15, -0.1) is 5.10 Å². The topological polar surface area (TPSA) is 194 Å². The number of tetrazole rings is 1. The van der Waals surface area contributed by atoms with E-state index in [0.717, 1.165) is 13.0 Å². The van der Waals surface area contributed by atoms with Gasteiger partial charge in [0.25, 0.3) is 0 Å². The zero-order valence-electron chi connectivity index (χ0n) is 17.3. The zero-order valence-corrected chi connectivity index (χ0v) is 19.0. The number of sulfonamides is 2. The van der Waals surface area contributed by atoms with Gasteiger partial charge in [0, 0.05) is 38.1 Å². The lowest BCUT2D eigenvalue weighted by molar-refractivity contribution is 0.555. The number of hydrogen-bond donors (Lipinski definition) is 4. The van der Waals surface area contributed by atoms with Crippen LogP contribution in [0.1, 0.15) is 12.8 Å². The predicted molar refractivity (Wildman–Crippen MR) is 116 cm³/mol. The zero-order chi connectivity index (χ0) is 23.2. The summed E-state index contributed by atoms with van der Waals surface area (Å²) >= 11 is 0. The molecular weight excluding hydrogens is 472 g/mol. The Morgan fingerprint density at radius 3 is 2.73 bits per heavy atom. The molecule has 0 aliphatic carbocycles. The number of H-pyrrole nitrogens is 1. The van der Waals surface area contributed by atoms with E-state index in [9.17, 15) is 16.8 Å². The molecule has 33 heavy (non-hydrogen) atoms. The summed E-state index contributed by atoms with van der Waals surface area (Å²) in [6.45, 7) is 2.37. The highest BCUT2D eigenvalue weighted by atomic mass is 32.2. The third-order valence-corrected chi connectivity index (χ3v) is 8.33. The summed E-state index contributed by atoms with van der Waals surface area (Å²) in [6.07, 6.45) is 4.80. The van der Waals surface area contributed by atoms with Crippen LogP contribution in [0, 0.1) is 0 Å². The number of hydrogen-bond acceptors (Lipinski definition) is 10. The first-order valence-electron chi connectivity index (χ1n) is 10.2. The van der Waals surface area contributed by atoms with Crippen LogP contribution >= 0.6 is 0 Å². The van der Waals surface area contributed by atoms with Gasteiger partial charge in [-0.3, -0.25) is 0 Å². The number of benzene rings is 1. The first kappa shape index (κ1) is 21.9. The second-order valence-electron chi connectivity index (χ2n) is 7.82. The van der Waals surface area contributed by atoms with Crippen molar-refractivity contribution in [3.05, 3.63) is 24.5 Å². The maximum absolute atomic E-state index is 13.3. The molecule has 2 aliphatic rings. The number of fused-ring (bicyclic) bond motifs is 1. The van der Waals surface area contributed by atoms with Gasteiger partial charge in [0.15, 0.2) is 5.82 Å². The van der Waals surface area contributed by atoms with Gasteiger partial charge in [-0.1, -0.05) is 0 Å². The molecule has 0 spiro atoms. The molecule has 1 fully saturated rings. The van der Waals surface area contributed by atoms with E-state index in [1.807, 2.05) is 10.8 Å². The molecule has 1 aromatic carbocycles. The summed E-state index contributed by atoms with van der Waals surface area (Å²) in [5.74, 6) is 0.554. The van der Waals surface area contributed by atoms with E-state index in [1.54, 1.807) is 11.1 Å². The van der Waals surface area contributed by atoms with Crippen molar-refractivity contribution in [3.8, 4) is 11.4 Å². The fourth-order valence-corrected chi connectivity index (χ4v) is 7.12. The highest BCUT2D eigenvalue weighted by Crippen LogP contribution is 2.41. The average molecular weight is 495 g/mol. The predicted octanol–water partition coefficient (Wildman–Crippen LogP) is -1.11. The summed E-state index contributed by atoms with van der Waals surface area (Å²) in [7, 11) is -8.78. The SMILES string of the molecule is NS(=O)(=O)c1c(S(=O)(=O)N[C@@H]2CCNC2)ccc(N2CCCn3ccnc32)c1-c1nnn[nH]1. The fraction of sp³-hybridized carbons (Fsp3) is 0.412. The van der Waals surface area contributed by atoms with Crippen molar-refractivity contribution in [2.24, 2.45) is 5.14 Å². The van der Waals surface area contributed by atoms with Crippen LogP contribution in [0.15, 0.2) is 34.3 Å². The van der Waals surface area contributed by atoms with Crippen LogP contribution in [-0.2, 0) is 26.6 Å². The van der Waals surface area contributed by atoms with Gasteiger partial charge in [0.05, 0.1) is 11.3 Å². The molecule has 5 rings (SSSR count). The Hall–Kier alpha value is -2.92. The molecule has 3 aromatic rings. The monoisotopic (exact) mass is 494 g/mol. The molecule has 5 N–H and O–H groups in total. The van der Waals surface area contributed by atoms with Crippen LogP contribution in [0.25, 0.3) is 11.4 Å². The molecule has 0 saturated carbocycles. The molecule has 2 aromatic heterocycles. The molecule has 0 radical (unpaired) electrons. The summed E-state index contributed by atoms with van der Waals surface area (Å²) in [5, 5.41) is 22.2. The summed E-state index contributed by atoms with van der Waals surface area (Å²) in [4.78, 5) is 5.12. The van der Waals surface area contributed by atoms with Crippen LogP contribution in [0.5, 0.6) is 0 Å². The fourth-order valence-electron chi connectivity index (χ4n) is 4.25. The number of nitrogens with two attached hydrogens (primary N) is 1. The van der Waals surface area contributed by atoms with Gasteiger partial charge in [-0.05, 0) is 41.9 Å². The first-order valence-corrected chi connectivity index (χ1v) is 13.2. The van der Waals surface area contributed by atoms with E-state index in [-0.39, 0.29) is 17.4 Å². The van der Waals surface area contributed by atoms with Gasteiger partial charge < -0.3 is 14.8 Å². The molecule has 0 bridgehead atoms. The Kier molecular flexibility index (Phi) is 5.40. The van der Waals surface area contributed by atoms with E-state index in [1.165, 1.54) is 12.1 Å². The van der Waals surface area contributed by atoms with E-state index >= 15 is 0 Å².